The summed E-state index contributed by atoms with van der Waals surface area (Å²) in [6.07, 6.45) is 1.49. The molecule has 0 fully saturated rings. The van der Waals surface area contributed by atoms with Crippen LogP contribution in [-0.4, -0.2) is 54.8 Å². The molecule has 0 bridgehead atoms. The van der Waals surface area contributed by atoms with Crippen LogP contribution in [0.15, 0.2) is 36.7 Å². The first-order valence-corrected chi connectivity index (χ1v) is 12.1. The molecular weight excluding hydrogens is 475 g/mol. The number of amides is 1. The molecule has 1 N–H and O–H groups in total. The molecule has 4 aromatic rings. The zero-order valence-corrected chi connectivity index (χ0v) is 22.0. The van der Waals surface area contributed by atoms with Crippen LogP contribution in [0.25, 0.3) is 22.6 Å². The normalized spacial score (nSPS) is 11.5. The molecule has 0 aliphatic carbocycles. The van der Waals surface area contributed by atoms with Crippen LogP contribution < -0.4 is 15.0 Å². The average molecular weight is 507 g/mol. The fraction of sp³-hybridized carbons (Fsp3) is 0.385. The van der Waals surface area contributed by atoms with Crippen molar-refractivity contribution in [2.75, 3.05) is 17.3 Å². The summed E-state index contributed by atoms with van der Waals surface area (Å²) in [5, 5.41) is 10.8. The van der Waals surface area contributed by atoms with Gasteiger partial charge in [-0.3, -0.25) is 4.79 Å². The van der Waals surface area contributed by atoms with Crippen LogP contribution in [0.4, 0.5) is 16.0 Å². The van der Waals surface area contributed by atoms with Crippen LogP contribution in [0.2, 0.25) is 0 Å². The Bertz CT molecular complexity index is 1430. The number of aromatic nitrogens is 6. The molecule has 0 saturated heterocycles. The van der Waals surface area contributed by atoms with Crippen molar-refractivity contribution in [1.29, 1.82) is 0 Å². The summed E-state index contributed by atoms with van der Waals surface area (Å²) in [5.41, 5.74) is 1.03. The van der Waals surface area contributed by atoms with Crippen LogP contribution in [-0.2, 0) is 0 Å². The summed E-state index contributed by atoms with van der Waals surface area (Å²) in [7, 11) is 1.88. The van der Waals surface area contributed by atoms with Gasteiger partial charge in [-0.25, -0.2) is 19.3 Å². The van der Waals surface area contributed by atoms with Gasteiger partial charge < -0.3 is 19.5 Å². The molecule has 0 spiro atoms. The average Bonchev–Trinajstić information content (AvgIpc) is 3.33. The van der Waals surface area contributed by atoms with Crippen LogP contribution in [0, 0.1) is 5.82 Å². The number of hydrogen-bond acceptors (Lipinski definition) is 8. The summed E-state index contributed by atoms with van der Waals surface area (Å²) in [5.74, 6) is 0.267. The number of ether oxygens (including phenoxy) is 1. The third-order valence-electron chi connectivity index (χ3n) is 5.75. The number of halogens is 1. The summed E-state index contributed by atoms with van der Waals surface area (Å²) in [4.78, 5) is 28.7. The first-order valence-electron chi connectivity index (χ1n) is 12.1. The maximum atomic E-state index is 15.1. The van der Waals surface area contributed by atoms with Gasteiger partial charge in [-0.2, -0.15) is 0 Å². The van der Waals surface area contributed by atoms with Gasteiger partial charge in [0.25, 0.3) is 11.8 Å². The molecule has 0 aliphatic rings. The summed E-state index contributed by atoms with van der Waals surface area (Å²) < 4.78 is 22.8. The Labute approximate surface area is 214 Å². The van der Waals surface area contributed by atoms with E-state index in [2.05, 4.69) is 30.5 Å². The van der Waals surface area contributed by atoms with Crippen LogP contribution >= 0.6 is 0 Å². The van der Waals surface area contributed by atoms with Crippen molar-refractivity contribution < 1.29 is 13.9 Å². The molecule has 10 nitrogen and oxygen atoms in total. The van der Waals surface area contributed by atoms with E-state index in [0.717, 1.165) is 0 Å². The van der Waals surface area contributed by atoms with Gasteiger partial charge in [-0.1, -0.05) is 6.07 Å². The van der Waals surface area contributed by atoms with E-state index in [9.17, 15) is 4.79 Å². The highest BCUT2D eigenvalue weighted by Crippen LogP contribution is 2.30. The van der Waals surface area contributed by atoms with Crippen molar-refractivity contribution in [3.05, 3.63) is 48.0 Å². The van der Waals surface area contributed by atoms with E-state index >= 15 is 4.39 Å². The Kier molecular flexibility index (Phi) is 7.33. The highest BCUT2D eigenvalue weighted by molar-refractivity contribution is 6.05. The monoisotopic (exact) mass is 506 g/mol. The quantitative estimate of drug-likeness (QED) is 0.360. The van der Waals surface area contributed by atoms with Gasteiger partial charge in [0.1, 0.15) is 23.7 Å². The minimum absolute atomic E-state index is 0.115. The van der Waals surface area contributed by atoms with E-state index in [1.54, 1.807) is 24.5 Å². The van der Waals surface area contributed by atoms with Crippen molar-refractivity contribution in [3.63, 3.8) is 0 Å². The van der Waals surface area contributed by atoms with Crippen molar-refractivity contribution in [2.45, 2.75) is 59.7 Å². The number of carbonyl (C=O) groups is 1. The molecule has 0 aliphatic heterocycles. The number of carbonyl (C=O) groups excluding carboxylic acids is 1. The highest BCUT2D eigenvalue weighted by atomic mass is 19.1. The lowest BCUT2D eigenvalue weighted by Crippen LogP contribution is -2.28. The smallest absolute Gasteiger partial charge is 0.259 e. The summed E-state index contributed by atoms with van der Waals surface area (Å²) in [6.45, 7) is 11.8. The van der Waals surface area contributed by atoms with Crippen molar-refractivity contribution in [1.82, 2.24) is 29.7 Å². The van der Waals surface area contributed by atoms with Crippen molar-refractivity contribution >= 4 is 28.6 Å². The van der Waals surface area contributed by atoms with Crippen molar-refractivity contribution in [2.24, 2.45) is 0 Å². The number of fused-ring (bicyclic) bond motifs is 1. The van der Waals surface area contributed by atoms with E-state index in [-0.39, 0.29) is 29.6 Å². The second kappa shape index (κ2) is 10.5. The van der Waals surface area contributed by atoms with E-state index in [1.165, 1.54) is 12.1 Å². The number of pyridine rings is 1. The Balaban J connectivity index is 1.68. The maximum Gasteiger partial charge on any atom is 0.259 e. The summed E-state index contributed by atoms with van der Waals surface area (Å²) in [6, 6.07) is 7.97. The largest absolute Gasteiger partial charge is 0.472 e. The summed E-state index contributed by atoms with van der Waals surface area (Å²) >= 11 is 0. The van der Waals surface area contributed by atoms with Gasteiger partial charge in [0, 0.05) is 25.2 Å². The molecule has 0 atom stereocenters. The Morgan fingerprint density at radius 3 is 2.46 bits per heavy atom. The van der Waals surface area contributed by atoms with Crippen molar-refractivity contribution in [3.8, 4) is 17.4 Å². The van der Waals surface area contributed by atoms with Gasteiger partial charge in [0.15, 0.2) is 11.6 Å². The van der Waals surface area contributed by atoms with E-state index in [0.29, 0.717) is 34.2 Å². The fourth-order valence-corrected chi connectivity index (χ4v) is 3.62. The number of nitrogens with one attached hydrogen (secondary N) is 1. The van der Waals surface area contributed by atoms with E-state index in [4.69, 9.17) is 4.74 Å². The first-order chi connectivity index (χ1) is 17.5. The maximum absolute atomic E-state index is 15.1. The topological polar surface area (TPSA) is 111 Å². The molecule has 0 unspecified atom stereocenters. The Hall–Kier alpha value is -4.15. The number of rotatable bonds is 8. The second-order valence-corrected chi connectivity index (χ2v) is 9.56. The molecule has 1 amide bonds. The third kappa shape index (κ3) is 5.50. The van der Waals surface area contributed by atoms with Gasteiger partial charge >= 0.3 is 0 Å². The van der Waals surface area contributed by atoms with E-state index < -0.39 is 11.7 Å². The van der Waals surface area contributed by atoms with Crippen LogP contribution in [0.3, 0.4) is 0 Å². The van der Waals surface area contributed by atoms with Gasteiger partial charge in [-0.15, -0.1) is 10.2 Å². The number of hydrogen-bond donors (Lipinski definition) is 1. The lowest BCUT2D eigenvalue weighted by atomic mass is 10.1. The molecule has 0 saturated carbocycles. The molecule has 4 rings (SSSR count). The molecule has 37 heavy (non-hydrogen) atoms. The molecular formula is C26H31FN8O2. The van der Waals surface area contributed by atoms with Gasteiger partial charge in [0.2, 0.25) is 0 Å². The minimum atomic E-state index is -0.726. The zero-order valence-electron chi connectivity index (χ0n) is 22.0. The molecule has 194 valence electrons. The number of benzene rings is 1. The predicted molar refractivity (Wildman–Crippen MR) is 140 cm³/mol. The second-order valence-electron chi connectivity index (χ2n) is 9.56. The molecule has 3 heterocycles. The van der Waals surface area contributed by atoms with Crippen LogP contribution in [0.5, 0.6) is 5.88 Å². The molecule has 3 aromatic heterocycles. The molecule has 11 heteroatoms. The number of anilines is 2. The van der Waals surface area contributed by atoms with Gasteiger partial charge in [0.05, 0.1) is 22.7 Å². The lowest BCUT2D eigenvalue weighted by Gasteiger charge is -2.25. The fourth-order valence-electron chi connectivity index (χ4n) is 3.62. The predicted octanol–water partition coefficient (Wildman–Crippen LogP) is 4.89. The lowest BCUT2D eigenvalue weighted by molar-refractivity contribution is 0.102. The van der Waals surface area contributed by atoms with Crippen LogP contribution in [0.1, 0.15) is 57.9 Å². The molecule has 1 aromatic carbocycles. The number of nitrogens with zero attached hydrogens (tertiary/aromatic N) is 7. The third-order valence-corrected chi connectivity index (χ3v) is 5.75. The van der Waals surface area contributed by atoms with Gasteiger partial charge in [-0.05, 0) is 59.7 Å². The molecule has 0 radical (unpaired) electrons. The standard InChI is InChI=1S/C26H31FN8O2/c1-14(2)34(7)24-26(37-16(5)6)31-21-12-18(27)17(11-20(21)30-24)25(36)32-22-10-8-9-19(29-22)23-33-28-13-35(23)15(3)4/h8-16H,1-7H3,(H,29,32,36). The highest BCUT2D eigenvalue weighted by Gasteiger charge is 2.21. The first kappa shape index (κ1) is 25.9. The van der Waals surface area contributed by atoms with E-state index in [1.807, 2.05) is 58.1 Å². The SMILES string of the molecule is CC(C)Oc1nc2cc(F)c(C(=O)Nc3cccc(-c4nncn4C(C)C)n3)cc2nc1N(C)C(C)C. The Morgan fingerprint density at radius 2 is 1.78 bits per heavy atom. The zero-order chi connectivity index (χ0) is 26.9. The Morgan fingerprint density at radius 1 is 1.05 bits per heavy atom. The minimum Gasteiger partial charge on any atom is -0.472 e.